The summed E-state index contributed by atoms with van der Waals surface area (Å²) in [6.45, 7) is 2.54. The van der Waals surface area contributed by atoms with E-state index in [0.717, 1.165) is 4.62 Å². The van der Waals surface area contributed by atoms with Crippen molar-refractivity contribution in [3.05, 3.63) is 0 Å². The van der Waals surface area contributed by atoms with Crippen molar-refractivity contribution in [2.75, 3.05) is 6.54 Å². The Labute approximate surface area is 84.5 Å². The lowest BCUT2D eigenvalue weighted by molar-refractivity contribution is 0.143. The summed E-state index contributed by atoms with van der Waals surface area (Å²) < 4.78 is -0.260. The topological polar surface area (TPSA) is 32.6 Å². The van der Waals surface area contributed by atoms with Crippen molar-refractivity contribution in [3.8, 4) is 0 Å². The molecule has 5 heteroatoms. The summed E-state index contributed by atoms with van der Waals surface area (Å²) in [5, 5.41) is 9.49. The molecule has 58 valence electrons. The van der Waals surface area contributed by atoms with Crippen LogP contribution in [0.25, 0.3) is 0 Å². The van der Waals surface area contributed by atoms with Gasteiger partial charge < -0.3 is 5.11 Å². The van der Waals surface area contributed by atoms with E-state index >= 15 is 0 Å². The first kappa shape index (κ1) is 9.16. The first-order valence-corrected chi connectivity index (χ1v) is 5.06. The number of hydrogen-bond donors (Lipinski definition) is 1. The highest BCUT2D eigenvalue weighted by molar-refractivity contribution is 9.25. The Morgan fingerprint density at radius 2 is 2.20 bits per heavy atom. The summed E-state index contributed by atoms with van der Waals surface area (Å²) in [5.41, 5.74) is -0.326. The summed E-state index contributed by atoms with van der Waals surface area (Å²) in [6.07, 6.45) is 0. The maximum Gasteiger partial charge on any atom is 0.188 e. The van der Waals surface area contributed by atoms with Gasteiger partial charge in [0, 0.05) is 0 Å². The standard InChI is InChI=1S/C5H6Br3NO/c1-4(5(7,8)10)2-9-3(4)6/h10H,2H2,1H3. The van der Waals surface area contributed by atoms with E-state index in [4.69, 9.17) is 0 Å². The average molecular weight is 336 g/mol. The highest BCUT2D eigenvalue weighted by Crippen LogP contribution is 2.48. The summed E-state index contributed by atoms with van der Waals surface area (Å²) in [5.74, 6) is 0. The second-order valence-electron chi connectivity index (χ2n) is 2.48. The zero-order valence-electron chi connectivity index (χ0n) is 5.24. The molecule has 0 saturated heterocycles. The second-order valence-corrected chi connectivity index (χ2v) is 6.59. The van der Waals surface area contributed by atoms with E-state index in [0.29, 0.717) is 6.54 Å². The number of rotatable bonds is 1. The third-order valence-corrected chi connectivity index (χ3v) is 4.53. The van der Waals surface area contributed by atoms with Crippen LogP contribution < -0.4 is 0 Å². The lowest BCUT2D eigenvalue weighted by Crippen LogP contribution is -2.49. The van der Waals surface area contributed by atoms with Gasteiger partial charge in [-0.1, -0.05) is 0 Å². The van der Waals surface area contributed by atoms with Crippen LogP contribution in [0.5, 0.6) is 0 Å². The van der Waals surface area contributed by atoms with Crippen molar-refractivity contribution in [1.82, 2.24) is 0 Å². The molecule has 0 amide bonds. The van der Waals surface area contributed by atoms with E-state index in [1.165, 1.54) is 0 Å². The number of aliphatic imine (C=N–C) groups is 1. The normalized spacial score (nSPS) is 33.1. The molecular formula is C5H6Br3NO. The molecule has 1 aliphatic rings. The zero-order chi connectivity index (χ0) is 7.99. The highest BCUT2D eigenvalue weighted by Gasteiger charge is 2.51. The molecule has 1 rings (SSSR count). The number of alkyl halides is 2. The lowest BCUT2D eigenvalue weighted by atomic mass is 9.89. The predicted molar refractivity (Wildman–Crippen MR) is 52.1 cm³/mol. The first-order chi connectivity index (χ1) is 4.38. The Hall–Kier alpha value is 1.07. The monoisotopic (exact) mass is 333 g/mol. The zero-order valence-corrected chi connectivity index (χ0v) is 9.99. The molecule has 0 aromatic carbocycles. The second kappa shape index (κ2) is 2.54. The molecule has 1 N–H and O–H groups in total. The smallest absolute Gasteiger partial charge is 0.188 e. The molecule has 1 unspecified atom stereocenters. The lowest BCUT2D eigenvalue weighted by Gasteiger charge is -2.40. The van der Waals surface area contributed by atoms with Gasteiger partial charge in [0.15, 0.2) is 3.42 Å². The summed E-state index contributed by atoms with van der Waals surface area (Å²) >= 11 is 9.48. The molecule has 1 aliphatic heterocycles. The molecule has 1 atom stereocenters. The molecular weight excluding hydrogens is 330 g/mol. The Morgan fingerprint density at radius 1 is 1.70 bits per heavy atom. The van der Waals surface area contributed by atoms with Gasteiger partial charge in [0.1, 0.15) is 0 Å². The van der Waals surface area contributed by atoms with Crippen LogP contribution >= 0.6 is 47.8 Å². The van der Waals surface area contributed by atoms with Crippen molar-refractivity contribution in [3.63, 3.8) is 0 Å². The quantitative estimate of drug-likeness (QED) is 0.732. The van der Waals surface area contributed by atoms with Crippen LogP contribution in [0.2, 0.25) is 0 Å². The predicted octanol–water partition coefficient (Wildman–Crippen LogP) is 2.24. The molecule has 0 saturated carbocycles. The van der Waals surface area contributed by atoms with Gasteiger partial charge in [-0.05, 0) is 54.7 Å². The van der Waals surface area contributed by atoms with Gasteiger partial charge in [-0.3, -0.25) is 4.99 Å². The van der Waals surface area contributed by atoms with Crippen LogP contribution in [0.1, 0.15) is 6.92 Å². The van der Waals surface area contributed by atoms with E-state index in [-0.39, 0.29) is 5.41 Å². The molecule has 10 heavy (non-hydrogen) atoms. The van der Waals surface area contributed by atoms with Crippen LogP contribution in [0, 0.1) is 5.41 Å². The molecule has 0 fully saturated rings. The minimum absolute atomic E-state index is 0.326. The van der Waals surface area contributed by atoms with Crippen LogP contribution in [-0.2, 0) is 0 Å². The molecule has 0 spiro atoms. The molecule has 0 aliphatic carbocycles. The van der Waals surface area contributed by atoms with E-state index in [9.17, 15) is 5.11 Å². The van der Waals surface area contributed by atoms with E-state index in [1.807, 2.05) is 6.92 Å². The number of aliphatic hydroxyl groups is 1. The van der Waals surface area contributed by atoms with Crippen LogP contribution in [0.15, 0.2) is 4.99 Å². The average Bonchev–Trinajstić information content (AvgIpc) is 1.80. The maximum atomic E-state index is 9.49. The SMILES string of the molecule is CC1(C(O)(Br)Br)CN=C1Br. The van der Waals surface area contributed by atoms with Crippen molar-refractivity contribution < 1.29 is 5.11 Å². The molecule has 0 radical (unpaired) electrons. The van der Waals surface area contributed by atoms with Gasteiger partial charge in [0.05, 0.1) is 16.6 Å². The van der Waals surface area contributed by atoms with Crippen molar-refractivity contribution in [2.24, 2.45) is 10.4 Å². The van der Waals surface area contributed by atoms with Crippen LogP contribution in [0.3, 0.4) is 0 Å². The largest absolute Gasteiger partial charge is 0.368 e. The molecule has 0 aromatic heterocycles. The molecule has 0 aromatic rings. The Morgan fingerprint density at radius 3 is 2.20 bits per heavy atom. The van der Waals surface area contributed by atoms with Gasteiger partial charge in [0.2, 0.25) is 0 Å². The highest BCUT2D eigenvalue weighted by atomic mass is 79.9. The van der Waals surface area contributed by atoms with Crippen molar-refractivity contribution in [2.45, 2.75) is 10.3 Å². The van der Waals surface area contributed by atoms with Gasteiger partial charge in [0.25, 0.3) is 0 Å². The minimum Gasteiger partial charge on any atom is -0.368 e. The van der Waals surface area contributed by atoms with E-state index in [1.54, 1.807) is 0 Å². The number of nitrogens with zero attached hydrogens (tertiary/aromatic N) is 1. The number of hydrogen-bond acceptors (Lipinski definition) is 2. The maximum absolute atomic E-state index is 9.49. The fourth-order valence-electron chi connectivity index (χ4n) is 0.595. The Balaban J connectivity index is 2.84. The van der Waals surface area contributed by atoms with Gasteiger partial charge >= 0.3 is 0 Å². The minimum atomic E-state index is -1.05. The fourth-order valence-corrected chi connectivity index (χ4v) is 2.29. The van der Waals surface area contributed by atoms with Gasteiger partial charge in [-0.25, -0.2) is 0 Å². The summed E-state index contributed by atoms with van der Waals surface area (Å²) in [4.78, 5) is 4.00. The van der Waals surface area contributed by atoms with E-state index < -0.39 is 3.42 Å². The Bertz CT molecular complexity index is 186. The first-order valence-electron chi connectivity index (χ1n) is 2.68. The summed E-state index contributed by atoms with van der Waals surface area (Å²) in [6, 6.07) is 0. The molecule has 2 nitrogen and oxygen atoms in total. The van der Waals surface area contributed by atoms with Crippen molar-refractivity contribution >= 4 is 52.4 Å². The number of halogens is 3. The third-order valence-electron chi connectivity index (χ3n) is 1.65. The Kier molecular flexibility index (Phi) is 2.32. The fraction of sp³-hybridized carbons (Fsp3) is 0.800. The van der Waals surface area contributed by atoms with Gasteiger partial charge in [-0.2, -0.15) is 0 Å². The summed E-state index contributed by atoms with van der Waals surface area (Å²) in [7, 11) is 0. The van der Waals surface area contributed by atoms with Gasteiger partial charge in [-0.15, -0.1) is 0 Å². The molecule has 0 bridgehead atoms. The van der Waals surface area contributed by atoms with Crippen molar-refractivity contribution in [1.29, 1.82) is 0 Å². The molecule has 1 heterocycles. The van der Waals surface area contributed by atoms with Crippen LogP contribution in [-0.4, -0.2) is 19.7 Å². The van der Waals surface area contributed by atoms with E-state index in [2.05, 4.69) is 52.8 Å². The van der Waals surface area contributed by atoms with Crippen LogP contribution in [0.4, 0.5) is 0 Å². The third kappa shape index (κ3) is 1.21.